The molecule has 2 aromatic rings. The van der Waals surface area contributed by atoms with Crippen molar-refractivity contribution in [2.75, 3.05) is 11.5 Å². The van der Waals surface area contributed by atoms with E-state index < -0.39 is 5.91 Å². The SMILES string of the molecule is CCOc1cc(/C=C2/SC(=O)N(c3cccc(Cl)c3)C2=O)cc(Cl)c1O[C@@H](C)CC. The van der Waals surface area contributed by atoms with Gasteiger partial charge < -0.3 is 9.47 Å². The molecule has 0 spiro atoms. The average molecular weight is 466 g/mol. The summed E-state index contributed by atoms with van der Waals surface area (Å²) in [5.41, 5.74) is 1.07. The maximum Gasteiger partial charge on any atom is 0.298 e. The molecular formula is C22H21Cl2NO4S. The smallest absolute Gasteiger partial charge is 0.298 e. The predicted molar refractivity (Wildman–Crippen MR) is 123 cm³/mol. The van der Waals surface area contributed by atoms with Crippen LogP contribution < -0.4 is 14.4 Å². The van der Waals surface area contributed by atoms with Crippen LogP contribution in [0.3, 0.4) is 0 Å². The van der Waals surface area contributed by atoms with Crippen LogP contribution in [0.2, 0.25) is 10.0 Å². The van der Waals surface area contributed by atoms with Crippen LogP contribution in [0.5, 0.6) is 11.5 Å². The van der Waals surface area contributed by atoms with Crippen LogP contribution >= 0.6 is 35.0 Å². The van der Waals surface area contributed by atoms with Crippen molar-refractivity contribution in [3.63, 3.8) is 0 Å². The van der Waals surface area contributed by atoms with Gasteiger partial charge in [-0.05, 0) is 74.0 Å². The van der Waals surface area contributed by atoms with E-state index in [4.69, 9.17) is 32.7 Å². The van der Waals surface area contributed by atoms with E-state index in [-0.39, 0.29) is 16.2 Å². The Bertz CT molecular complexity index is 1010. The van der Waals surface area contributed by atoms with Gasteiger partial charge in [-0.15, -0.1) is 0 Å². The lowest BCUT2D eigenvalue weighted by Gasteiger charge is -2.18. The summed E-state index contributed by atoms with van der Waals surface area (Å²) in [7, 11) is 0. The number of anilines is 1. The highest BCUT2D eigenvalue weighted by Crippen LogP contribution is 2.40. The molecule has 1 heterocycles. The number of imide groups is 1. The summed E-state index contributed by atoms with van der Waals surface area (Å²) in [5.74, 6) is 0.545. The molecule has 0 N–H and O–H groups in total. The molecule has 2 amide bonds. The van der Waals surface area contributed by atoms with Gasteiger partial charge in [-0.3, -0.25) is 9.59 Å². The molecule has 0 radical (unpaired) electrons. The fourth-order valence-corrected chi connectivity index (χ4v) is 4.08. The number of benzene rings is 2. The van der Waals surface area contributed by atoms with Crippen molar-refractivity contribution in [2.45, 2.75) is 33.3 Å². The van der Waals surface area contributed by atoms with Gasteiger partial charge in [0.15, 0.2) is 11.5 Å². The van der Waals surface area contributed by atoms with Crippen LogP contribution in [0.1, 0.15) is 32.8 Å². The number of amides is 2. The Labute approximate surface area is 189 Å². The number of carbonyl (C=O) groups excluding carboxylic acids is 2. The minimum absolute atomic E-state index is 0.0262. The summed E-state index contributed by atoms with van der Waals surface area (Å²) >= 11 is 13.3. The van der Waals surface area contributed by atoms with Gasteiger partial charge in [-0.2, -0.15) is 0 Å². The fourth-order valence-electron chi connectivity index (χ4n) is 2.79. The zero-order valence-electron chi connectivity index (χ0n) is 16.8. The van der Waals surface area contributed by atoms with Crippen LogP contribution in [0.25, 0.3) is 6.08 Å². The minimum atomic E-state index is -0.415. The van der Waals surface area contributed by atoms with E-state index in [2.05, 4.69) is 0 Å². The van der Waals surface area contributed by atoms with E-state index in [0.29, 0.717) is 39.4 Å². The molecule has 5 nitrogen and oxygen atoms in total. The first-order valence-electron chi connectivity index (χ1n) is 9.50. The topological polar surface area (TPSA) is 55.8 Å². The van der Waals surface area contributed by atoms with Crippen LogP contribution in [-0.4, -0.2) is 23.9 Å². The Morgan fingerprint density at radius 1 is 1.17 bits per heavy atom. The lowest BCUT2D eigenvalue weighted by atomic mass is 10.1. The molecule has 0 aromatic heterocycles. The van der Waals surface area contributed by atoms with Gasteiger partial charge in [0.1, 0.15) is 0 Å². The number of ether oxygens (including phenoxy) is 2. The normalized spacial score (nSPS) is 16.3. The van der Waals surface area contributed by atoms with E-state index >= 15 is 0 Å². The third-order valence-electron chi connectivity index (χ3n) is 4.38. The first-order chi connectivity index (χ1) is 14.3. The van der Waals surface area contributed by atoms with Crippen molar-refractivity contribution in [3.8, 4) is 11.5 Å². The molecule has 2 aromatic carbocycles. The standard InChI is InChI=1S/C22H21Cl2NO4S/c1-4-13(3)29-20-17(24)9-14(10-18(20)28-5-2)11-19-21(26)25(22(27)30-19)16-8-6-7-15(23)12-16/h6-13H,4-5H2,1-3H3/b19-11+/t13-/m0/s1. The van der Waals surface area contributed by atoms with Gasteiger partial charge in [-0.25, -0.2) is 4.90 Å². The molecule has 0 saturated carbocycles. The van der Waals surface area contributed by atoms with Crippen LogP contribution in [-0.2, 0) is 4.79 Å². The molecule has 0 unspecified atom stereocenters. The van der Waals surface area contributed by atoms with Crippen molar-refractivity contribution in [1.82, 2.24) is 0 Å². The second-order valence-electron chi connectivity index (χ2n) is 6.60. The maximum atomic E-state index is 12.9. The first kappa shape index (κ1) is 22.5. The zero-order valence-corrected chi connectivity index (χ0v) is 19.1. The molecule has 30 heavy (non-hydrogen) atoms. The highest BCUT2D eigenvalue weighted by atomic mass is 35.5. The van der Waals surface area contributed by atoms with E-state index in [0.717, 1.165) is 23.1 Å². The second kappa shape index (κ2) is 9.77. The molecular weight excluding hydrogens is 445 g/mol. The summed E-state index contributed by atoms with van der Waals surface area (Å²) in [4.78, 5) is 26.7. The van der Waals surface area contributed by atoms with Crippen molar-refractivity contribution < 1.29 is 19.1 Å². The zero-order chi connectivity index (χ0) is 21.8. The molecule has 158 valence electrons. The predicted octanol–water partition coefficient (Wildman–Crippen LogP) is 6.81. The van der Waals surface area contributed by atoms with E-state index in [9.17, 15) is 9.59 Å². The van der Waals surface area contributed by atoms with Crippen molar-refractivity contribution in [3.05, 3.63) is 56.9 Å². The summed E-state index contributed by atoms with van der Waals surface area (Å²) in [5, 5.41) is 0.434. The lowest BCUT2D eigenvalue weighted by Crippen LogP contribution is -2.27. The van der Waals surface area contributed by atoms with Crippen LogP contribution in [0.4, 0.5) is 10.5 Å². The molecule has 1 aliphatic rings. The number of carbonyl (C=O) groups is 2. The van der Waals surface area contributed by atoms with Gasteiger partial charge >= 0.3 is 0 Å². The lowest BCUT2D eigenvalue weighted by molar-refractivity contribution is -0.113. The van der Waals surface area contributed by atoms with E-state index in [1.165, 1.54) is 0 Å². The molecule has 1 saturated heterocycles. The van der Waals surface area contributed by atoms with Crippen LogP contribution in [0.15, 0.2) is 41.3 Å². The number of hydrogen-bond acceptors (Lipinski definition) is 5. The van der Waals surface area contributed by atoms with Gasteiger partial charge in [0.05, 0.1) is 28.3 Å². The average Bonchev–Trinajstić information content (AvgIpc) is 2.97. The first-order valence-corrected chi connectivity index (χ1v) is 11.1. The molecule has 1 atom stereocenters. The Balaban J connectivity index is 1.94. The van der Waals surface area contributed by atoms with Gasteiger partial charge in [0.2, 0.25) is 0 Å². The Morgan fingerprint density at radius 3 is 2.60 bits per heavy atom. The third-order valence-corrected chi connectivity index (χ3v) is 5.77. The number of halogens is 2. The molecule has 3 rings (SSSR count). The number of nitrogens with zero attached hydrogens (tertiary/aromatic N) is 1. The highest BCUT2D eigenvalue weighted by Gasteiger charge is 2.36. The number of hydrogen-bond donors (Lipinski definition) is 0. The summed E-state index contributed by atoms with van der Waals surface area (Å²) in [6.45, 7) is 6.26. The van der Waals surface area contributed by atoms with Gasteiger partial charge in [0.25, 0.3) is 11.1 Å². The van der Waals surface area contributed by atoms with Crippen molar-refractivity contribution in [1.29, 1.82) is 0 Å². The largest absolute Gasteiger partial charge is 0.490 e. The van der Waals surface area contributed by atoms with E-state index in [1.807, 2.05) is 20.8 Å². The Morgan fingerprint density at radius 2 is 1.93 bits per heavy atom. The quantitative estimate of drug-likeness (QED) is 0.420. The molecule has 0 bridgehead atoms. The van der Waals surface area contributed by atoms with Gasteiger partial charge in [-0.1, -0.05) is 36.2 Å². The maximum absolute atomic E-state index is 12.9. The fraction of sp³-hybridized carbons (Fsp3) is 0.273. The number of thioether (sulfide) groups is 1. The molecule has 1 aliphatic heterocycles. The monoisotopic (exact) mass is 465 g/mol. The van der Waals surface area contributed by atoms with E-state index in [1.54, 1.807) is 42.5 Å². The van der Waals surface area contributed by atoms with Crippen LogP contribution in [0, 0.1) is 0 Å². The molecule has 8 heteroatoms. The minimum Gasteiger partial charge on any atom is -0.490 e. The summed E-state index contributed by atoms with van der Waals surface area (Å²) in [6, 6.07) is 10.0. The Hall–Kier alpha value is -2.15. The van der Waals surface area contributed by atoms with Crippen molar-refractivity contribution in [2.24, 2.45) is 0 Å². The second-order valence-corrected chi connectivity index (χ2v) is 8.43. The molecule has 0 aliphatic carbocycles. The van der Waals surface area contributed by atoms with Gasteiger partial charge in [0, 0.05) is 5.02 Å². The number of rotatable bonds is 7. The summed E-state index contributed by atoms with van der Waals surface area (Å²) in [6.07, 6.45) is 2.42. The van der Waals surface area contributed by atoms with Crippen molar-refractivity contribution >= 4 is 57.9 Å². The highest BCUT2D eigenvalue weighted by molar-refractivity contribution is 8.19. The summed E-state index contributed by atoms with van der Waals surface area (Å²) < 4.78 is 11.6. The Kier molecular flexibility index (Phi) is 7.34. The molecule has 1 fully saturated rings. The third kappa shape index (κ3) is 4.94.